The van der Waals surface area contributed by atoms with Crippen LogP contribution in [0.25, 0.3) is 0 Å². The largest absolute Gasteiger partial charge is 0.489 e. The van der Waals surface area contributed by atoms with Gasteiger partial charge in [-0.15, -0.1) is 0 Å². The molecule has 1 aromatic carbocycles. The molecule has 0 spiro atoms. The summed E-state index contributed by atoms with van der Waals surface area (Å²) < 4.78 is 7.21. The summed E-state index contributed by atoms with van der Waals surface area (Å²) in [5.41, 5.74) is 1.42. The molecule has 0 saturated heterocycles. The van der Waals surface area contributed by atoms with E-state index in [0.717, 1.165) is 16.6 Å². The maximum absolute atomic E-state index is 6.14. The molecule has 1 heterocycles. The van der Waals surface area contributed by atoms with Crippen LogP contribution in [-0.2, 0) is 0 Å². The lowest BCUT2D eigenvalue weighted by Crippen LogP contribution is -2.39. The van der Waals surface area contributed by atoms with Crippen LogP contribution in [-0.4, -0.2) is 13.2 Å². The van der Waals surface area contributed by atoms with E-state index in [9.17, 15) is 0 Å². The van der Waals surface area contributed by atoms with E-state index in [1.807, 2.05) is 7.05 Å². The molecule has 94 valence electrons. The molecule has 3 heteroatoms. The number of ether oxygens (including phenoxy) is 1. The number of hydrogen-bond acceptors (Lipinski definition) is 2. The maximum atomic E-state index is 6.14. The van der Waals surface area contributed by atoms with Crippen LogP contribution in [0.3, 0.4) is 0 Å². The summed E-state index contributed by atoms with van der Waals surface area (Å²) in [7, 11) is 2.02. The van der Waals surface area contributed by atoms with Crippen LogP contribution in [0.2, 0.25) is 0 Å². The van der Waals surface area contributed by atoms with E-state index in [1.54, 1.807) is 0 Å². The van der Waals surface area contributed by atoms with Gasteiger partial charge in [0, 0.05) is 22.5 Å². The van der Waals surface area contributed by atoms with Crippen LogP contribution >= 0.6 is 15.9 Å². The first-order valence-electron chi connectivity index (χ1n) is 6.05. The highest BCUT2D eigenvalue weighted by atomic mass is 79.9. The molecule has 1 aliphatic heterocycles. The molecule has 0 bridgehead atoms. The predicted octanol–water partition coefficient (Wildman–Crippen LogP) is 3.91. The summed E-state index contributed by atoms with van der Waals surface area (Å²) in [6, 6.07) is 6.66. The minimum absolute atomic E-state index is 0.162. The van der Waals surface area contributed by atoms with Gasteiger partial charge < -0.3 is 10.1 Å². The first-order valence-corrected chi connectivity index (χ1v) is 6.84. The van der Waals surface area contributed by atoms with Gasteiger partial charge in [0.15, 0.2) is 0 Å². The van der Waals surface area contributed by atoms with Crippen molar-refractivity contribution in [2.24, 2.45) is 5.41 Å². The molecule has 2 nitrogen and oxygen atoms in total. The van der Waals surface area contributed by atoms with E-state index >= 15 is 0 Å². The summed E-state index contributed by atoms with van der Waals surface area (Å²) in [5, 5.41) is 3.39. The fourth-order valence-electron chi connectivity index (χ4n) is 2.24. The third kappa shape index (κ3) is 2.66. The van der Waals surface area contributed by atoms with Crippen molar-refractivity contribution in [3.8, 4) is 5.75 Å². The van der Waals surface area contributed by atoms with E-state index in [0.29, 0.717) is 6.04 Å². The maximum Gasteiger partial charge on any atom is 0.125 e. The Hall–Kier alpha value is -0.540. The molecular weight excluding hydrogens is 278 g/mol. The second-order valence-electron chi connectivity index (χ2n) is 5.73. The number of benzene rings is 1. The lowest BCUT2D eigenvalue weighted by Gasteiger charge is -2.39. The zero-order chi connectivity index (χ0) is 12.6. The third-order valence-electron chi connectivity index (χ3n) is 3.38. The molecule has 0 aliphatic carbocycles. The minimum atomic E-state index is 0.162. The molecule has 0 fully saturated rings. The van der Waals surface area contributed by atoms with Gasteiger partial charge in [0.25, 0.3) is 0 Å². The predicted molar refractivity (Wildman–Crippen MR) is 74.4 cm³/mol. The summed E-state index contributed by atoms with van der Waals surface area (Å²) in [4.78, 5) is 0. The number of hydrogen-bond donors (Lipinski definition) is 1. The molecule has 1 aromatic rings. The second-order valence-corrected chi connectivity index (χ2v) is 6.65. The van der Waals surface area contributed by atoms with Crippen LogP contribution in [0.1, 0.15) is 38.8 Å². The van der Waals surface area contributed by atoms with Gasteiger partial charge >= 0.3 is 0 Å². The van der Waals surface area contributed by atoms with Gasteiger partial charge in [-0.1, -0.05) is 42.8 Å². The smallest absolute Gasteiger partial charge is 0.125 e. The van der Waals surface area contributed by atoms with Gasteiger partial charge in [-0.25, -0.2) is 0 Å². The number of fused-ring (bicyclic) bond motifs is 1. The molecule has 0 saturated carbocycles. The summed E-state index contributed by atoms with van der Waals surface area (Å²) >= 11 is 3.50. The van der Waals surface area contributed by atoms with Gasteiger partial charge in [0.2, 0.25) is 0 Å². The Balaban J connectivity index is 2.37. The van der Waals surface area contributed by atoms with Crippen LogP contribution in [0.15, 0.2) is 22.7 Å². The third-order valence-corrected chi connectivity index (χ3v) is 3.88. The zero-order valence-corrected chi connectivity index (χ0v) is 12.5. The second kappa shape index (κ2) is 4.62. The number of rotatable bonds is 1. The van der Waals surface area contributed by atoms with Gasteiger partial charge in [0.05, 0.1) is 0 Å². The minimum Gasteiger partial charge on any atom is -0.489 e. The Labute approximate surface area is 112 Å². The summed E-state index contributed by atoms with van der Waals surface area (Å²) in [6.07, 6.45) is 1.27. The van der Waals surface area contributed by atoms with E-state index in [2.05, 4.69) is 60.2 Å². The van der Waals surface area contributed by atoms with Crippen molar-refractivity contribution in [2.75, 3.05) is 7.05 Å². The Morgan fingerprint density at radius 3 is 2.65 bits per heavy atom. The molecule has 1 N–H and O–H groups in total. The molecule has 0 aromatic heterocycles. The molecule has 2 atom stereocenters. The Morgan fingerprint density at radius 2 is 2.06 bits per heavy atom. The standard InChI is InChI=1S/C14H20BrNO/c1-14(2,3)13-8-11(16-4)10-6-5-9(15)7-12(10)17-13/h5-7,11,13,16H,8H2,1-4H3. The van der Waals surface area contributed by atoms with E-state index < -0.39 is 0 Å². The molecule has 2 unspecified atom stereocenters. The normalized spacial score (nSPS) is 24.1. The van der Waals surface area contributed by atoms with E-state index in [4.69, 9.17) is 4.74 Å². The molecule has 2 rings (SSSR count). The fraction of sp³-hybridized carbons (Fsp3) is 0.571. The highest BCUT2D eigenvalue weighted by Gasteiger charge is 2.34. The van der Waals surface area contributed by atoms with Crippen molar-refractivity contribution in [1.29, 1.82) is 0 Å². The van der Waals surface area contributed by atoms with Gasteiger partial charge in [0.1, 0.15) is 11.9 Å². The monoisotopic (exact) mass is 297 g/mol. The first kappa shape index (κ1) is 12.9. The lowest BCUT2D eigenvalue weighted by atomic mass is 9.82. The van der Waals surface area contributed by atoms with Gasteiger partial charge in [-0.3, -0.25) is 0 Å². The average Bonchev–Trinajstić information content (AvgIpc) is 2.25. The Bertz CT molecular complexity index is 411. The quantitative estimate of drug-likeness (QED) is 0.849. The van der Waals surface area contributed by atoms with Gasteiger partial charge in [-0.05, 0) is 24.6 Å². The molecule has 17 heavy (non-hydrogen) atoms. The van der Waals surface area contributed by atoms with Crippen molar-refractivity contribution >= 4 is 15.9 Å². The topological polar surface area (TPSA) is 21.3 Å². The van der Waals surface area contributed by atoms with Crippen molar-refractivity contribution in [1.82, 2.24) is 5.32 Å². The van der Waals surface area contributed by atoms with E-state index in [-0.39, 0.29) is 11.5 Å². The number of nitrogens with one attached hydrogen (secondary N) is 1. The zero-order valence-electron chi connectivity index (χ0n) is 10.9. The van der Waals surface area contributed by atoms with Crippen LogP contribution in [0, 0.1) is 5.41 Å². The molecular formula is C14H20BrNO. The van der Waals surface area contributed by atoms with Crippen molar-refractivity contribution in [3.05, 3.63) is 28.2 Å². The van der Waals surface area contributed by atoms with Crippen LogP contribution in [0.4, 0.5) is 0 Å². The summed E-state index contributed by atoms with van der Waals surface area (Å²) in [6.45, 7) is 6.69. The van der Waals surface area contributed by atoms with Crippen LogP contribution in [0.5, 0.6) is 5.75 Å². The van der Waals surface area contributed by atoms with Crippen molar-refractivity contribution in [3.63, 3.8) is 0 Å². The SMILES string of the molecule is CNC1CC(C(C)(C)C)Oc2cc(Br)ccc21. The highest BCUT2D eigenvalue weighted by molar-refractivity contribution is 9.10. The Morgan fingerprint density at radius 1 is 1.35 bits per heavy atom. The highest BCUT2D eigenvalue weighted by Crippen LogP contribution is 2.41. The molecule has 1 aliphatic rings. The lowest BCUT2D eigenvalue weighted by molar-refractivity contribution is 0.0539. The molecule has 0 radical (unpaired) electrons. The fourth-order valence-corrected chi connectivity index (χ4v) is 2.58. The first-order chi connectivity index (χ1) is 7.91. The van der Waals surface area contributed by atoms with Crippen LogP contribution < -0.4 is 10.1 Å². The number of halogens is 1. The molecule has 0 amide bonds. The van der Waals surface area contributed by atoms with Gasteiger partial charge in [-0.2, -0.15) is 0 Å². The van der Waals surface area contributed by atoms with Crippen molar-refractivity contribution in [2.45, 2.75) is 39.3 Å². The summed E-state index contributed by atoms with van der Waals surface area (Å²) in [5.74, 6) is 1.00. The van der Waals surface area contributed by atoms with Crippen molar-refractivity contribution < 1.29 is 4.74 Å². The Kier molecular flexibility index (Phi) is 3.50. The average molecular weight is 298 g/mol. The van der Waals surface area contributed by atoms with E-state index in [1.165, 1.54) is 5.56 Å².